The van der Waals surface area contributed by atoms with Crippen LogP contribution in [0.25, 0.3) is 27.7 Å². The SMILES string of the molecule is O=C(CC1CCS(=O)(=O)C1)c1ccc2c(-c3c(F)cccc3Cl)cn(-c3ccc(F)cc3)c2c1. The number of sulfone groups is 1. The van der Waals surface area contributed by atoms with Crippen LogP contribution < -0.4 is 0 Å². The summed E-state index contributed by atoms with van der Waals surface area (Å²) in [5.74, 6) is -1.06. The molecule has 0 aliphatic carbocycles. The molecule has 0 bridgehead atoms. The number of nitrogens with zero attached hydrogens (tertiary/aromatic N) is 1. The molecule has 1 aromatic heterocycles. The second kappa shape index (κ2) is 8.64. The molecule has 1 atom stereocenters. The van der Waals surface area contributed by atoms with E-state index in [0.29, 0.717) is 34.1 Å². The zero-order chi connectivity index (χ0) is 24.0. The molecule has 174 valence electrons. The van der Waals surface area contributed by atoms with Crippen molar-refractivity contribution in [3.8, 4) is 16.8 Å². The van der Waals surface area contributed by atoms with Crippen LogP contribution in [0, 0.1) is 17.6 Å². The molecule has 1 saturated heterocycles. The van der Waals surface area contributed by atoms with Crippen molar-refractivity contribution < 1.29 is 22.0 Å². The molecule has 4 aromatic rings. The zero-order valence-electron chi connectivity index (χ0n) is 18.0. The second-order valence-corrected chi connectivity index (χ2v) is 11.3. The molecule has 34 heavy (non-hydrogen) atoms. The minimum Gasteiger partial charge on any atom is -0.316 e. The quantitative estimate of drug-likeness (QED) is 0.305. The van der Waals surface area contributed by atoms with Crippen LogP contribution in [0.3, 0.4) is 0 Å². The first kappa shape index (κ1) is 22.7. The summed E-state index contributed by atoms with van der Waals surface area (Å²) in [5, 5.41) is 0.928. The van der Waals surface area contributed by atoms with E-state index in [1.54, 1.807) is 47.2 Å². The number of hydrogen-bond donors (Lipinski definition) is 0. The maximum absolute atomic E-state index is 14.8. The van der Waals surface area contributed by atoms with E-state index in [4.69, 9.17) is 11.6 Å². The van der Waals surface area contributed by atoms with Gasteiger partial charge in [0.1, 0.15) is 11.6 Å². The van der Waals surface area contributed by atoms with Crippen LogP contribution in [0.5, 0.6) is 0 Å². The first-order valence-corrected chi connectivity index (χ1v) is 13.0. The van der Waals surface area contributed by atoms with E-state index in [2.05, 4.69) is 0 Å². The fourth-order valence-electron chi connectivity index (χ4n) is 4.58. The predicted octanol–water partition coefficient (Wildman–Crippen LogP) is 6.24. The number of hydrogen-bond acceptors (Lipinski definition) is 3. The number of fused-ring (bicyclic) bond motifs is 1. The lowest BCUT2D eigenvalue weighted by molar-refractivity contribution is 0.0966. The Morgan fingerprint density at radius 1 is 1.06 bits per heavy atom. The van der Waals surface area contributed by atoms with Gasteiger partial charge in [0, 0.05) is 40.4 Å². The highest BCUT2D eigenvalue weighted by Crippen LogP contribution is 2.38. The van der Waals surface area contributed by atoms with E-state index in [1.165, 1.54) is 24.3 Å². The fourth-order valence-corrected chi connectivity index (χ4v) is 6.71. The lowest BCUT2D eigenvalue weighted by atomic mass is 9.96. The van der Waals surface area contributed by atoms with Gasteiger partial charge in [0.15, 0.2) is 15.6 Å². The van der Waals surface area contributed by atoms with Crippen LogP contribution in [0.2, 0.25) is 5.02 Å². The number of carbonyl (C=O) groups is 1. The predicted molar refractivity (Wildman–Crippen MR) is 129 cm³/mol. The minimum atomic E-state index is -3.07. The number of rotatable bonds is 5. The largest absolute Gasteiger partial charge is 0.316 e. The maximum Gasteiger partial charge on any atom is 0.163 e. The Labute approximate surface area is 200 Å². The van der Waals surface area contributed by atoms with Gasteiger partial charge in [-0.3, -0.25) is 4.79 Å². The number of Topliss-reactive ketones (excluding diaryl/α,β-unsaturated/α-hetero) is 1. The molecule has 5 rings (SSSR count). The molecule has 0 radical (unpaired) electrons. The summed E-state index contributed by atoms with van der Waals surface area (Å²) in [6, 6.07) is 15.4. The summed E-state index contributed by atoms with van der Waals surface area (Å²) in [6.45, 7) is 0. The Bertz CT molecular complexity index is 1510. The van der Waals surface area contributed by atoms with Crippen LogP contribution in [0.4, 0.5) is 8.78 Å². The van der Waals surface area contributed by atoms with Crippen LogP contribution in [-0.2, 0) is 9.84 Å². The van der Waals surface area contributed by atoms with Gasteiger partial charge in [-0.2, -0.15) is 0 Å². The number of benzene rings is 3. The third-order valence-corrected chi connectivity index (χ3v) is 8.42. The van der Waals surface area contributed by atoms with Gasteiger partial charge in [-0.05, 0) is 54.8 Å². The van der Waals surface area contributed by atoms with Crippen LogP contribution in [0.15, 0.2) is 66.9 Å². The molecule has 4 nitrogen and oxygen atoms in total. The highest BCUT2D eigenvalue weighted by molar-refractivity contribution is 7.91. The first-order valence-electron chi connectivity index (χ1n) is 10.8. The number of aromatic nitrogens is 1. The van der Waals surface area contributed by atoms with E-state index >= 15 is 0 Å². The lowest BCUT2D eigenvalue weighted by Crippen LogP contribution is -2.10. The van der Waals surface area contributed by atoms with Crippen molar-refractivity contribution in [1.82, 2.24) is 4.57 Å². The van der Waals surface area contributed by atoms with Crippen molar-refractivity contribution >= 4 is 38.1 Å². The summed E-state index contributed by atoms with van der Waals surface area (Å²) < 4.78 is 53.6. The van der Waals surface area contributed by atoms with Crippen molar-refractivity contribution in [2.24, 2.45) is 5.92 Å². The van der Waals surface area contributed by atoms with Crippen molar-refractivity contribution in [2.75, 3.05) is 11.5 Å². The Kier molecular flexibility index (Phi) is 5.78. The Hall–Kier alpha value is -3.03. The van der Waals surface area contributed by atoms with Crippen molar-refractivity contribution in [2.45, 2.75) is 12.8 Å². The Balaban J connectivity index is 1.63. The van der Waals surface area contributed by atoms with Gasteiger partial charge >= 0.3 is 0 Å². The fraction of sp³-hybridized carbons (Fsp3) is 0.192. The molecular formula is C26H20ClF2NO3S. The third-order valence-electron chi connectivity index (χ3n) is 6.27. The third kappa shape index (κ3) is 4.26. The minimum absolute atomic E-state index is 0.0306. The first-order chi connectivity index (χ1) is 16.2. The number of carbonyl (C=O) groups excluding carboxylic acids is 1. The molecule has 0 amide bonds. The number of ketones is 1. The summed E-state index contributed by atoms with van der Waals surface area (Å²) in [4.78, 5) is 13.0. The van der Waals surface area contributed by atoms with E-state index in [9.17, 15) is 22.0 Å². The second-order valence-electron chi connectivity index (χ2n) is 8.61. The summed E-state index contributed by atoms with van der Waals surface area (Å²) in [5.41, 5.74) is 2.49. The summed E-state index contributed by atoms with van der Waals surface area (Å²) >= 11 is 6.34. The Morgan fingerprint density at radius 2 is 1.82 bits per heavy atom. The van der Waals surface area contributed by atoms with Gasteiger partial charge in [-0.1, -0.05) is 29.8 Å². The van der Waals surface area contributed by atoms with Gasteiger partial charge in [0.2, 0.25) is 0 Å². The van der Waals surface area contributed by atoms with Gasteiger partial charge in [-0.15, -0.1) is 0 Å². The van der Waals surface area contributed by atoms with Crippen molar-refractivity contribution in [3.63, 3.8) is 0 Å². The van der Waals surface area contributed by atoms with Crippen LogP contribution in [0.1, 0.15) is 23.2 Å². The summed E-state index contributed by atoms with van der Waals surface area (Å²) in [7, 11) is -3.07. The topological polar surface area (TPSA) is 56.1 Å². The van der Waals surface area contributed by atoms with E-state index in [0.717, 1.165) is 0 Å². The van der Waals surface area contributed by atoms with E-state index in [-0.39, 0.29) is 46.0 Å². The van der Waals surface area contributed by atoms with Crippen LogP contribution >= 0.6 is 11.6 Å². The highest BCUT2D eigenvalue weighted by atomic mass is 35.5. The average molecular weight is 500 g/mol. The smallest absolute Gasteiger partial charge is 0.163 e. The summed E-state index contributed by atoms with van der Waals surface area (Å²) in [6.07, 6.45) is 2.35. The molecule has 1 fully saturated rings. The monoisotopic (exact) mass is 499 g/mol. The van der Waals surface area contributed by atoms with Gasteiger partial charge < -0.3 is 4.57 Å². The molecule has 3 aromatic carbocycles. The molecule has 1 aliphatic heterocycles. The van der Waals surface area contributed by atoms with E-state index in [1.807, 2.05) is 0 Å². The molecule has 0 saturated carbocycles. The molecule has 2 heterocycles. The maximum atomic E-state index is 14.8. The number of halogens is 3. The van der Waals surface area contributed by atoms with Crippen molar-refractivity contribution in [3.05, 3.63) is 89.1 Å². The molecule has 0 spiro atoms. The average Bonchev–Trinajstić information content (AvgIpc) is 3.33. The molecular weight excluding hydrogens is 480 g/mol. The molecule has 1 unspecified atom stereocenters. The highest BCUT2D eigenvalue weighted by Gasteiger charge is 2.30. The zero-order valence-corrected chi connectivity index (χ0v) is 19.5. The standard InChI is InChI=1S/C26H20ClF2NO3S/c27-22-2-1-3-23(29)26(22)21-14-30(19-7-5-18(28)6-8-19)24-13-17(4-9-20(21)24)25(31)12-16-10-11-34(32,33)15-16/h1-9,13-14,16H,10-12,15H2. The van der Waals surface area contributed by atoms with Gasteiger partial charge in [-0.25, -0.2) is 17.2 Å². The van der Waals surface area contributed by atoms with E-state index < -0.39 is 15.7 Å². The molecule has 1 aliphatic rings. The normalized spacial score (nSPS) is 17.3. The van der Waals surface area contributed by atoms with Crippen LogP contribution in [-0.4, -0.2) is 30.3 Å². The lowest BCUT2D eigenvalue weighted by Gasteiger charge is -2.09. The van der Waals surface area contributed by atoms with Crippen molar-refractivity contribution in [1.29, 1.82) is 0 Å². The Morgan fingerprint density at radius 3 is 2.50 bits per heavy atom. The molecule has 8 heteroatoms. The van der Waals surface area contributed by atoms with Gasteiger partial charge in [0.05, 0.1) is 22.0 Å². The molecule has 0 N–H and O–H groups in total. The van der Waals surface area contributed by atoms with Gasteiger partial charge in [0.25, 0.3) is 0 Å².